The normalized spacial score (nSPS) is 32.9. The number of esters is 1. The number of fused-ring (bicyclic) bond motifs is 1. The number of anilines is 1. The number of rotatable bonds is 8. The van der Waals surface area contributed by atoms with Crippen molar-refractivity contribution in [1.29, 1.82) is 0 Å². The Balaban J connectivity index is 1.82. The Hall–Kier alpha value is -2.06. The van der Waals surface area contributed by atoms with Crippen molar-refractivity contribution in [2.24, 2.45) is 17.8 Å². The molecule has 192 valence electrons. The van der Waals surface area contributed by atoms with Crippen molar-refractivity contribution in [3.05, 3.63) is 29.3 Å². The van der Waals surface area contributed by atoms with Crippen molar-refractivity contribution < 1.29 is 24.2 Å². The number of hydrogen-bond donors (Lipinski definition) is 2. The number of benzene rings is 1. The highest BCUT2D eigenvalue weighted by Crippen LogP contribution is 2.71. The van der Waals surface area contributed by atoms with E-state index in [0.29, 0.717) is 6.42 Å². The molecule has 0 aliphatic carbocycles. The first-order valence-electron chi connectivity index (χ1n) is 12.7. The van der Waals surface area contributed by atoms with E-state index < -0.39 is 33.4 Å². The van der Waals surface area contributed by atoms with Crippen LogP contribution < -0.4 is 5.32 Å². The molecule has 2 bridgehead atoms. The number of nitrogens with one attached hydrogen (secondary N) is 1. The van der Waals surface area contributed by atoms with E-state index >= 15 is 0 Å². The van der Waals surface area contributed by atoms with Gasteiger partial charge >= 0.3 is 5.97 Å². The SMILES string of the molecule is CCOC(=O)[C@@H]1[C@H]2C(=O)N([C@@H](CO)[C@@H](C)CC)C(C(=O)Nc3c(C)cccc3C)C23CC[C@@]1(C)S3. The van der Waals surface area contributed by atoms with Crippen molar-refractivity contribution in [1.82, 2.24) is 4.90 Å². The lowest BCUT2D eigenvalue weighted by molar-refractivity contribution is -0.155. The van der Waals surface area contributed by atoms with Gasteiger partial charge in [-0.25, -0.2) is 0 Å². The van der Waals surface area contributed by atoms with Crippen LogP contribution in [0.5, 0.6) is 0 Å². The number of aliphatic hydroxyl groups excluding tert-OH is 1. The highest BCUT2D eigenvalue weighted by molar-refractivity contribution is 8.02. The van der Waals surface area contributed by atoms with Gasteiger partial charge < -0.3 is 20.1 Å². The fourth-order valence-corrected chi connectivity index (χ4v) is 8.96. The highest BCUT2D eigenvalue weighted by atomic mass is 32.2. The molecule has 2 N–H and O–H groups in total. The van der Waals surface area contributed by atoms with Crippen LogP contribution >= 0.6 is 11.8 Å². The van der Waals surface area contributed by atoms with E-state index in [4.69, 9.17) is 4.74 Å². The molecule has 8 heteroatoms. The number of likely N-dealkylation sites (tertiary alicyclic amines) is 1. The first kappa shape index (κ1) is 26.0. The second-order valence-corrected chi connectivity index (χ2v) is 12.5. The Morgan fingerprint density at radius 1 is 1.26 bits per heavy atom. The standard InChI is InChI=1S/C27H38N2O5S/c1-7-15(3)18(14-30)29-22(23(31)28-21-16(4)10-9-11-17(21)5)27-13-12-26(6,35-27)20(19(27)24(29)32)25(33)34-8-2/h9-11,15,18-20,22,30H,7-8,12-14H2,1-6H3,(H,28,31)/t15-,18-,19-,20-,22?,26+,27?/m0/s1. The number of amides is 2. The maximum absolute atomic E-state index is 14.2. The lowest BCUT2D eigenvalue weighted by Crippen LogP contribution is -2.56. The smallest absolute Gasteiger partial charge is 0.311 e. The van der Waals surface area contributed by atoms with E-state index in [9.17, 15) is 19.5 Å². The molecule has 35 heavy (non-hydrogen) atoms. The molecule has 2 amide bonds. The fourth-order valence-electron chi connectivity index (χ4n) is 6.63. The number of carbonyl (C=O) groups is 3. The number of aryl methyl sites for hydroxylation is 2. The van der Waals surface area contributed by atoms with Crippen molar-refractivity contribution in [2.75, 3.05) is 18.5 Å². The van der Waals surface area contributed by atoms with Crippen LogP contribution in [-0.4, -0.2) is 62.6 Å². The zero-order valence-corrected chi connectivity index (χ0v) is 22.4. The number of para-hydroxylation sites is 1. The average molecular weight is 503 g/mol. The number of hydrogen-bond acceptors (Lipinski definition) is 6. The third-order valence-corrected chi connectivity index (χ3v) is 10.6. The van der Waals surface area contributed by atoms with E-state index in [1.165, 1.54) is 0 Å². The van der Waals surface area contributed by atoms with Gasteiger partial charge in [0.05, 0.1) is 35.8 Å². The van der Waals surface area contributed by atoms with Gasteiger partial charge in [-0.15, -0.1) is 11.8 Å². The van der Waals surface area contributed by atoms with E-state index in [2.05, 4.69) is 5.32 Å². The summed E-state index contributed by atoms with van der Waals surface area (Å²) in [6.45, 7) is 11.7. The zero-order chi connectivity index (χ0) is 25.7. The van der Waals surface area contributed by atoms with Crippen molar-refractivity contribution in [3.8, 4) is 0 Å². The summed E-state index contributed by atoms with van der Waals surface area (Å²) in [6, 6.07) is 4.56. The Bertz CT molecular complexity index is 1010. The first-order valence-corrected chi connectivity index (χ1v) is 13.5. The van der Waals surface area contributed by atoms with Gasteiger partial charge in [0.2, 0.25) is 11.8 Å². The highest BCUT2D eigenvalue weighted by Gasteiger charge is 2.78. The maximum Gasteiger partial charge on any atom is 0.311 e. The van der Waals surface area contributed by atoms with Gasteiger partial charge in [0.1, 0.15) is 6.04 Å². The van der Waals surface area contributed by atoms with Crippen LogP contribution in [0.2, 0.25) is 0 Å². The molecule has 1 aromatic carbocycles. The van der Waals surface area contributed by atoms with E-state index in [-0.39, 0.29) is 36.9 Å². The van der Waals surface area contributed by atoms with Crippen LogP contribution in [-0.2, 0) is 19.1 Å². The van der Waals surface area contributed by atoms with Crippen LogP contribution in [0.1, 0.15) is 58.1 Å². The molecule has 3 fully saturated rings. The first-order chi connectivity index (χ1) is 16.6. The molecule has 7 atom stereocenters. The lowest BCUT2D eigenvalue weighted by Gasteiger charge is -2.39. The summed E-state index contributed by atoms with van der Waals surface area (Å²) in [5, 5.41) is 13.5. The Morgan fingerprint density at radius 3 is 2.49 bits per heavy atom. The summed E-state index contributed by atoms with van der Waals surface area (Å²) in [7, 11) is 0. The minimum atomic E-state index is -0.781. The van der Waals surface area contributed by atoms with E-state index in [1.807, 2.05) is 52.8 Å². The van der Waals surface area contributed by atoms with E-state index in [0.717, 1.165) is 29.7 Å². The minimum absolute atomic E-state index is 0.00601. The number of carbonyl (C=O) groups excluding carboxylic acids is 3. The molecule has 7 nitrogen and oxygen atoms in total. The van der Waals surface area contributed by atoms with Crippen LogP contribution in [0.4, 0.5) is 5.69 Å². The molecule has 0 aromatic heterocycles. The van der Waals surface area contributed by atoms with Crippen molar-refractivity contribution in [3.63, 3.8) is 0 Å². The van der Waals surface area contributed by atoms with Gasteiger partial charge in [0.25, 0.3) is 0 Å². The van der Waals surface area contributed by atoms with Gasteiger partial charge in [-0.05, 0) is 57.6 Å². The number of ether oxygens (including phenoxy) is 1. The number of thioether (sulfide) groups is 1. The topological polar surface area (TPSA) is 95.9 Å². The fraction of sp³-hybridized carbons (Fsp3) is 0.667. The molecule has 3 aliphatic rings. The predicted octanol–water partition coefficient (Wildman–Crippen LogP) is 3.69. The molecule has 3 aliphatic heterocycles. The van der Waals surface area contributed by atoms with Gasteiger partial charge in [-0.3, -0.25) is 14.4 Å². The zero-order valence-electron chi connectivity index (χ0n) is 21.6. The summed E-state index contributed by atoms with van der Waals surface area (Å²) in [6.07, 6.45) is 2.16. The number of nitrogens with zero attached hydrogens (tertiary/aromatic N) is 1. The molecular weight excluding hydrogens is 464 g/mol. The molecular formula is C27H38N2O5S. The molecule has 1 spiro atoms. The third-order valence-electron chi connectivity index (χ3n) is 8.58. The largest absolute Gasteiger partial charge is 0.466 e. The van der Waals surface area contributed by atoms with Crippen molar-refractivity contribution in [2.45, 2.75) is 82.4 Å². The second kappa shape index (κ2) is 9.43. The second-order valence-electron chi connectivity index (χ2n) is 10.6. The molecule has 3 heterocycles. The third kappa shape index (κ3) is 3.88. The van der Waals surface area contributed by atoms with E-state index in [1.54, 1.807) is 23.6 Å². The molecule has 4 rings (SSSR count). The summed E-state index contributed by atoms with van der Waals surface area (Å²) in [5.74, 6) is -2.07. The Labute approximate surface area is 212 Å². The number of aliphatic hydroxyl groups is 1. The lowest BCUT2D eigenvalue weighted by atomic mass is 9.66. The van der Waals surface area contributed by atoms with Crippen LogP contribution in [0.25, 0.3) is 0 Å². The minimum Gasteiger partial charge on any atom is -0.466 e. The Kier molecular flexibility index (Phi) is 7.01. The average Bonchev–Trinajstić information content (AvgIpc) is 3.38. The van der Waals surface area contributed by atoms with Crippen molar-refractivity contribution >= 4 is 35.2 Å². The predicted molar refractivity (Wildman–Crippen MR) is 137 cm³/mol. The van der Waals surface area contributed by atoms with Gasteiger partial charge in [-0.1, -0.05) is 38.5 Å². The molecule has 0 radical (unpaired) electrons. The van der Waals surface area contributed by atoms with Crippen LogP contribution in [0.15, 0.2) is 18.2 Å². The van der Waals surface area contributed by atoms with Gasteiger partial charge in [0.15, 0.2) is 0 Å². The summed E-state index contributed by atoms with van der Waals surface area (Å²) >= 11 is 1.62. The van der Waals surface area contributed by atoms with Crippen LogP contribution in [0.3, 0.4) is 0 Å². The van der Waals surface area contributed by atoms with Gasteiger partial charge in [-0.2, -0.15) is 0 Å². The summed E-state index contributed by atoms with van der Waals surface area (Å²) in [4.78, 5) is 43.1. The van der Waals surface area contributed by atoms with Gasteiger partial charge in [0, 0.05) is 10.4 Å². The summed E-state index contributed by atoms with van der Waals surface area (Å²) < 4.78 is 4.25. The molecule has 1 aromatic rings. The Morgan fingerprint density at radius 2 is 1.91 bits per heavy atom. The summed E-state index contributed by atoms with van der Waals surface area (Å²) in [5.41, 5.74) is 2.65. The van der Waals surface area contributed by atoms with Crippen LogP contribution in [0, 0.1) is 31.6 Å². The quantitative estimate of drug-likeness (QED) is 0.527. The molecule has 0 saturated carbocycles. The monoisotopic (exact) mass is 502 g/mol. The molecule has 3 saturated heterocycles. The maximum atomic E-state index is 14.2. The molecule has 2 unspecified atom stereocenters.